The Kier molecular flexibility index (Phi) is 4.90. The molecule has 1 heterocycles. The number of carbonyl (C=O) groups is 1. The number of carboxylic acids is 1. The Bertz CT molecular complexity index is 688. The monoisotopic (exact) mass is 307 g/mol. The highest BCUT2D eigenvalue weighted by Crippen LogP contribution is 2.30. The van der Waals surface area contributed by atoms with E-state index in [-0.39, 0.29) is 6.61 Å². The zero-order valence-electron chi connectivity index (χ0n) is 10.8. The van der Waals surface area contributed by atoms with Gasteiger partial charge in [0.1, 0.15) is 18.2 Å². The van der Waals surface area contributed by atoms with Crippen LogP contribution >= 0.6 is 11.6 Å². The van der Waals surface area contributed by atoms with Crippen LogP contribution in [0.1, 0.15) is 11.1 Å². The molecule has 0 fully saturated rings. The summed E-state index contributed by atoms with van der Waals surface area (Å²) in [5.74, 6) is -1.20. The van der Waals surface area contributed by atoms with Crippen LogP contribution in [0.15, 0.2) is 42.7 Å². The van der Waals surface area contributed by atoms with Gasteiger partial charge >= 0.3 is 5.97 Å². The van der Waals surface area contributed by atoms with E-state index in [9.17, 15) is 9.18 Å². The molecule has 1 aromatic carbocycles. The smallest absolute Gasteiger partial charge is 0.328 e. The number of aromatic nitrogens is 1. The largest absolute Gasteiger partial charge is 0.487 e. The summed E-state index contributed by atoms with van der Waals surface area (Å²) in [6.45, 7) is 0.0718. The summed E-state index contributed by atoms with van der Waals surface area (Å²) in [7, 11) is 0. The fraction of sp³-hybridized carbons (Fsp3) is 0.0667. The van der Waals surface area contributed by atoms with Crippen LogP contribution < -0.4 is 4.74 Å². The van der Waals surface area contributed by atoms with Crippen LogP contribution in [0.25, 0.3) is 6.08 Å². The molecule has 2 aromatic rings. The van der Waals surface area contributed by atoms with Crippen LogP contribution in [0.5, 0.6) is 5.75 Å². The van der Waals surface area contributed by atoms with Crippen molar-refractivity contribution < 1.29 is 19.0 Å². The van der Waals surface area contributed by atoms with Gasteiger partial charge in [0.15, 0.2) is 0 Å². The van der Waals surface area contributed by atoms with E-state index < -0.39 is 11.8 Å². The van der Waals surface area contributed by atoms with E-state index in [1.807, 2.05) is 0 Å². The van der Waals surface area contributed by atoms with Crippen LogP contribution in [0.2, 0.25) is 5.02 Å². The molecule has 6 heteroatoms. The summed E-state index contributed by atoms with van der Waals surface area (Å²) in [5, 5.41) is 9.00. The number of carboxylic acid groups (broad SMARTS) is 1. The first-order chi connectivity index (χ1) is 10.1. The van der Waals surface area contributed by atoms with Crippen molar-refractivity contribution in [1.82, 2.24) is 4.98 Å². The Labute approximate surface area is 125 Å². The lowest BCUT2D eigenvalue weighted by molar-refractivity contribution is -0.131. The van der Waals surface area contributed by atoms with Gasteiger partial charge in [-0.1, -0.05) is 23.7 Å². The topological polar surface area (TPSA) is 59.4 Å². The maximum Gasteiger partial charge on any atom is 0.328 e. The lowest BCUT2D eigenvalue weighted by Crippen LogP contribution is -1.99. The highest BCUT2D eigenvalue weighted by Gasteiger charge is 2.07. The van der Waals surface area contributed by atoms with Crippen molar-refractivity contribution in [2.75, 3.05) is 0 Å². The molecule has 0 unspecified atom stereocenters. The van der Waals surface area contributed by atoms with Gasteiger partial charge in [-0.3, -0.25) is 4.98 Å². The number of hydrogen-bond donors (Lipinski definition) is 1. The first-order valence-corrected chi connectivity index (χ1v) is 6.36. The normalized spacial score (nSPS) is 10.8. The summed E-state index contributed by atoms with van der Waals surface area (Å²) in [6, 6.07) is 6.28. The van der Waals surface area contributed by atoms with Gasteiger partial charge in [-0.25, -0.2) is 9.18 Å². The van der Waals surface area contributed by atoms with Crippen molar-refractivity contribution in [3.8, 4) is 5.75 Å². The first kappa shape index (κ1) is 15.0. The molecule has 4 nitrogen and oxygen atoms in total. The van der Waals surface area contributed by atoms with Crippen molar-refractivity contribution >= 4 is 23.6 Å². The molecule has 1 N–H and O–H groups in total. The minimum Gasteiger partial charge on any atom is -0.487 e. The SMILES string of the molecule is O=C(O)/C=C/c1cccc(Cl)c1OCc1cncc(F)c1. The van der Waals surface area contributed by atoms with Crippen molar-refractivity contribution in [1.29, 1.82) is 0 Å². The number of rotatable bonds is 5. The van der Waals surface area contributed by atoms with Gasteiger partial charge in [-0.15, -0.1) is 0 Å². The average molecular weight is 308 g/mol. The lowest BCUT2D eigenvalue weighted by atomic mass is 10.2. The Morgan fingerprint density at radius 3 is 2.95 bits per heavy atom. The van der Waals surface area contributed by atoms with Crippen molar-refractivity contribution in [3.63, 3.8) is 0 Å². The third kappa shape index (κ3) is 4.29. The van der Waals surface area contributed by atoms with Crippen LogP contribution in [-0.4, -0.2) is 16.1 Å². The van der Waals surface area contributed by atoms with E-state index in [0.717, 1.165) is 12.3 Å². The van der Waals surface area contributed by atoms with Crippen LogP contribution in [0.4, 0.5) is 4.39 Å². The molecule has 0 aliphatic rings. The molecule has 0 aliphatic heterocycles. The van der Waals surface area contributed by atoms with E-state index in [1.54, 1.807) is 18.2 Å². The van der Waals surface area contributed by atoms with Crippen molar-refractivity contribution in [2.45, 2.75) is 6.61 Å². The number of nitrogens with zero attached hydrogens (tertiary/aromatic N) is 1. The molecule has 0 spiro atoms. The number of benzene rings is 1. The van der Waals surface area contributed by atoms with Gasteiger partial charge in [-0.05, 0) is 18.2 Å². The second-order valence-corrected chi connectivity index (χ2v) is 4.54. The number of halogens is 2. The fourth-order valence-corrected chi connectivity index (χ4v) is 1.90. The van der Waals surface area contributed by atoms with Crippen LogP contribution in [0.3, 0.4) is 0 Å². The van der Waals surface area contributed by atoms with E-state index in [2.05, 4.69) is 4.98 Å². The minimum absolute atomic E-state index is 0.0718. The van der Waals surface area contributed by atoms with E-state index in [4.69, 9.17) is 21.4 Å². The third-order valence-corrected chi connectivity index (χ3v) is 2.85. The molecular formula is C15H11ClFNO3. The predicted octanol–water partition coefficient (Wildman–Crippen LogP) is 3.55. The lowest BCUT2D eigenvalue weighted by Gasteiger charge is -2.11. The summed E-state index contributed by atoms with van der Waals surface area (Å²) < 4.78 is 18.6. The van der Waals surface area contributed by atoms with Gasteiger partial charge in [0.25, 0.3) is 0 Å². The van der Waals surface area contributed by atoms with Crippen molar-refractivity contribution in [3.05, 3.63) is 64.7 Å². The highest BCUT2D eigenvalue weighted by atomic mass is 35.5. The van der Waals surface area contributed by atoms with Crippen LogP contribution in [-0.2, 0) is 11.4 Å². The second kappa shape index (κ2) is 6.85. The molecule has 0 atom stereocenters. The summed E-state index contributed by atoms with van der Waals surface area (Å²) in [4.78, 5) is 14.3. The van der Waals surface area contributed by atoms with Gasteiger partial charge in [0.05, 0.1) is 11.2 Å². The molecule has 2 rings (SSSR count). The fourth-order valence-electron chi connectivity index (χ4n) is 1.66. The zero-order chi connectivity index (χ0) is 15.2. The molecule has 0 saturated heterocycles. The van der Waals surface area contributed by atoms with E-state index in [1.165, 1.54) is 18.3 Å². The summed E-state index contributed by atoms with van der Waals surface area (Å²) in [5.41, 5.74) is 1.07. The predicted molar refractivity (Wildman–Crippen MR) is 76.6 cm³/mol. The minimum atomic E-state index is -1.07. The Hall–Kier alpha value is -2.40. The van der Waals surface area contributed by atoms with Gasteiger partial charge < -0.3 is 9.84 Å². The highest BCUT2D eigenvalue weighted by molar-refractivity contribution is 6.32. The number of aliphatic carboxylic acids is 1. The molecule has 0 bridgehead atoms. The van der Waals surface area contributed by atoms with E-state index >= 15 is 0 Å². The van der Waals surface area contributed by atoms with Gasteiger partial charge in [0.2, 0.25) is 0 Å². The molecule has 1 aromatic heterocycles. The number of hydrogen-bond acceptors (Lipinski definition) is 3. The maximum atomic E-state index is 13.0. The number of pyridine rings is 1. The number of para-hydroxylation sites is 1. The summed E-state index contributed by atoms with van der Waals surface area (Å²) in [6.07, 6.45) is 4.95. The Morgan fingerprint density at radius 2 is 2.24 bits per heavy atom. The van der Waals surface area contributed by atoms with Gasteiger partial charge in [0, 0.05) is 23.4 Å². The standard InChI is InChI=1S/C15H11ClFNO3/c16-13-3-1-2-11(4-5-14(19)20)15(13)21-9-10-6-12(17)8-18-7-10/h1-8H,9H2,(H,19,20)/b5-4+. The molecule has 21 heavy (non-hydrogen) atoms. The summed E-state index contributed by atoms with van der Waals surface area (Å²) >= 11 is 6.05. The van der Waals surface area contributed by atoms with Gasteiger partial charge in [-0.2, -0.15) is 0 Å². The Balaban J connectivity index is 2.20. The molecular weight excluding hydrogens is 297 g/mol. The maximum absolute atomic E-state index is 13.0. The quantitative estimate of drug-likeness (QED) is 0.858. The number of ether oxygens (including phenoxy) is 1. The van der Waals surface area contributed by atoms with Crippen LogP contribution in [0, 0.1) is 5.82 Å². The third-order valence-electron chi connectivity index (χ3n) is 2.55. The molecule has 108 valence electrons. The zero-order valence-corrected chi connectivity index (χ0v) is 11.5. The van der Waals surface area contributed by atoms with E-state index in [0.29, 0.717) is 21.9 Å². The Morgan fingerprint density at radius 1 is 1.43 bits per heavy atom. The molecule has 0 aliphatic carbocycles. The average Bonchev–Trinajstić information content (AvgIpc) is 2.44. The molecule has 0 amide bonds. The first-order valence-electron chi connectivity index (χ1n) is 5.98. The molecule has 0 radical (unpaired) electrons. The van der Waals surface area contributed by atoms with Crippen molar-refractivity contribution in [2.24, 2.45) is 0 Å². The second-order valence-electron chi connectivity index (χ2n) is 4.13. The molecule has 0 saturated carbocycles.